The first-order valence-electron chi connectivity index (χ1n) is 3.44. The van der Waals surface area contributed by atoms with E-state index in [4.69, 9.17) is 5.73 Å². The van der Waals surface area contributed by atoms with Crippen LogP contribution in [-0.2, 0) is 4.79 Å². The molecule has 12 heavy (non-hydrogen) atoms. The first-order valence-corrected chi connectivity index (χ1v) is 4.42. The van der Waals surface area contributed by atoms with Gasteiger partial charge in [0.15, 0.2) is 5.17 Å². The minimum absolute atomic E-state index is 0. The molecular weight excluding hydrogens is 198 g/mol. The summed E-state index contributed by atoms with van der Waals surface area (Å²) in [6.07, 6.45) is 0. The zero-order valence-corrected chi connectivity index (χ0v) is 8.37. The first kappa shape index (κ1) is 11.7. The maximum absolute atomic E-state index is 11.0. The molecule has 0 aromatic heterocycles. The van der Waals surface area contributed by atoms with Crippen molar-refractivity contribution < 1.29 is 4.79 Å². The van der Waals surface area contributed by atoms with Crippen LogP contribution in [0.5, 0.6) is 0 Å². The third-order valence-electron chi connectivity index (χ3n) is 1.23. The zero-order valence-electron chi connectivity index (χ0n) is 6.74. The highest BCUT2D eigenvalue weighted by Crippen LogP contribution is 2.08. The van der Waals surface area contributed by atoms with Crippen LogP contribution >= 0.6 is 24.2 Å². The van der Waals surface area contributed by atoms with Gasteiger partial charge in [0.25, 0.3) is 0 Å². The monoisotopic (exact) mass is 209 g/mol. The van der Waals surface area contributed by atoms with E-state index in [2.05, 4.69) is 10.3 Å². The molecule has 0 spiro atoms. The second-order valence-electron chi connectivity index (χ2n) is 2.31. The van der Waals surface area contributed by atoms with Crippen LogP contribution in [0.1, 0.15) is 6.92 Å². The van der Waals surface area contributed by atoms with E-state index in [0.29, 0.717) is 5.17 Å². The molecule has 1 aliphatic heterocycles. The number of amides is 1. The first-order chi connectivity index (χ1) is 5.20. The lowest BCUT2D eigenvalue weighted by Crippen LogP contribution is -2.40. The molecule has 0 bridgehead atoms. The molecule has 1 atom stereocenters. The number of hydrogen-bond donors (Lipinski definition) is 2. The van der Waals surface area contributed by atoms with Crippen molar-refractivity contribution in [2.45, 2.75) is 13.0 Å². The van der Waals surface area contributed by atoms with Crippen LogP contribution in [0.15, 0.2) is 4.99 Å². The van der Waals surface area contributed by atoms with E-state index in [0.717, 1.165) is 12.3 Å². The van der Waals surface area contributed by atoms with E-state index in [1.54, 1.807) is 18.7 Å². The number of nitrogens with zero attached hydrogens (tertiary/aromatic N) is 1. The van der Waals surface area contributed by atoms with Gasteiger partial charge in [-0.1, -0.05) is 11.8 Å². The van der Waals surface area contributed by atoms with E-state index in [9.17, 15) is 4.79 Å². The number of aliphatic imine (C=N–C) groups is 1. The van der Waals surface area contributed by atoms with Crippen LogP contribution < -0.4 is 11.1 Å². The number of amidine groups is 1. The van der Waals surface area contributed by atoms with Crippen molar-refractivity contribution >= 4 is 35.2 Å². The Kier molecular flexibility index (Phi) is 5.28. The third kappa shape index (κ3) is 3.42. The van der Waals surface area contributed by atoms with E-state index in [1.165, 1.54) is 0 Å². The largest absolute Gasteiger partial charge is 0.320 e. The van der Waals surface area contributed by atoms with Crippen molar-refractivity contribution in [3.63, 3.8) is 0 Å². The topological polar surface area (TPSA) is 67.5 Å². The molecule has 0 aromatic rings. The Morgan fingerprint density at radius 3 is 2.92 bits per heavy atom. The fourth-order valence-electron chi connectivity index (χ4n) is 0.630. The predicted molar refractivity (Wildman–Crippen MR) is 53.8 cm³/mol. The minimum Gasteiger partial charge on any atom is -0.320 e. The molecule has 1 heterocycles. The molecular formula is C6H12ClN3OS. The van der Waals surface area contributed by atoms with Crippen LogP contribution in [0.25, 0.3) is 0 Å². The Morgan fingerprint density at radius 1 is 1.83 bits per heavy atom. The Labute approximate surface area is 81.8 Å². The fourth-order valence-corrected chi connectivity index (χ4v) is 1.36. The normalized spacial score (nSPS) is 17.7. The van der Waals surface area contributed by atoms with Gasteiger partial charge >= 0.3 is 0 Å². The highest BCUT2D eigenvalue weighted by Gasteiger charge is 2.12. The van der Waals surface area contributed by atoms with Gasteiger partial charge in [-0.25, -0.2) is 0 Å². The number of thioether (sulfide) groups is 1. The maximum Gasteiger partial charge on any atom is 0.242 e. The Bertz CT molecular complexity index is 195. The Balaban J connectivity index is 0.00000121. The molecule has 0 unspecified atom stereocenters. The summed E-state index contributed by atoms with van der Waals surface area (Å²) < 4.78 is 0. The van der Waals surface area contributed by atoms with Gasteiger partial charge in [0.05, 0.1) is 12.6 Å². The maximum atomic E-state index is 11.0. The fraction of sp³-hybridized carbons (Fsp3) is 0.667. The third-order valence-corrected chi connectivity index (χ3v) is 2.12. The van der Waals surface area contributed by atoms with Crippen molar-refractivity contribution in [1.82, 2.24) is 5.32 Å². The summed E-state index contributed by atoms with van der Waals surface area (Å²) in [5.41, 5.74) is 5.34. The van der Waals surface area contributed by atoms with Gasteiger partial charge in [0.2, 0.25) is 5.91 Å². The summed E-state index contributed by atoms with van der Waals surface area (Å²) in [5.74, 6) is 0.785. The smallest absolute Gasteiger partial charge is 0.242 e. The van der Waals surface area contributed by atoms with E-state index in [1.807, 2.05) is 0 Å². The van der Waals surface area contributed by atoms with Crippen LogP contribution in [-0.4, -0.2) is 29.4 Å². The predicted octanol–water partition coefficient (Wildman–Crippen LogP) is -0.0256. The highest BCUT2D eigenvalue weighted by atomic mass is 35.5. The van der Waals surface area contributed by atoms with Gasteiger partial charge in [-0.05, 0) is 6.92 Å². The lowest BCUT2D eigenvalue weighted by Gasteiger charge is -2.05. The van der Waals surface area contributed by atoms with Crippen molar-refractivity contribution in [1.29, 1.82) is 0 Å². The summed E-state index contributed by atoms with van der Waals surface area (Å²) >= 11 is 1.55. The van der Waals surface area contributed by atoms with E-state index in [-0.39, 0.29) is 18.3 Å². The molecule has 6 heteroatoms. The minimum atomic E-state index is -0.459. The number of rotatable bonds is 1. The van der Waals surface area contributed by atoms with Gasteiger partial charge < -0.3 is 11.1 Å². The summed E-state index contributed by atoms with van der Waals surface area (Å²) in [6, 6.07) is -0.459. The molecule has 1 rings (SSSR count). The number of halogens is 1. The van der Waals surface area contributed by atoms with Crippen LogP contribution in [0, 0.1) is 0 Å². The molecule has 0 saturated carbocycles. The summed E-state index contributed by atoms with van der Waals surface area (Å²) in [5, 5.41) is 3.33. The molecule has 3 N–H and O–H groups in total. The SMILES string of the molecule is C[C@@H](N)C(=O)NC1=NCCS1.Cl. The highest BCUT2D eigenvalue weighted by molar-refractivity contribution is 8.14. The van der Waals surface area contributed by atoms with Gasteiger partial charge in [-0.3, -0.25) is 9.79 Å². The van der Waals surface area contributed by atoms with Crippen LogP contribution in [0.3, 0.4) is 0 Å². The lowest BCUT2D eigenvalue weighted by atomic mass is 10.3. The second-order valence-corrected chi connectivity index (χ2v) is 3.40. The van der Waals surface area contributed by atoms with Crippen LogP contribution in [0.4, 0.5) is 0 Å². The molecule has 1 amide bonds. The quantitative estimate of drug-likeness (QED) is 0.638. The van der Waals surface area contributed by atoms with Crippen molar-refractivity contribution in [3.05, 3.63) is 0 Å². The van der Waals surface area contributed by atoms with Gasteiger partial charge in [-0.15, -0.1) is 12.4 Å². The molecule has 70 valence electrons. The standard InChI is InChI=1S/C6H11N3OS.ClH/c1-4(7)5(10)9-6-8-2-3-11-6;/h4H,2-3,7H2,1H3,(H,8,9,10);1H/t4-;/m1./s1. The van der Waals surface area contributed by atoms with E-state index >= 15 is 0 Å². The van der Waals surface area contributed by atoms with Gasteiger partial charge in [0.1, 0.15) is 0 Å². The summed E-state index contributed by atoms with van der Waals surface area (Å²) in [7, 11) is 0. The number of carbonyl (C=O) groups is 1. The van der Waals surface area contributed by atoms with Gasteiger partial charge in [-0.2, -0.15) is 0 Å². The zero-order chi connectivity index (χ0) is 8.27. The number of nitrogens with two attached hydrogens (primary N) is 1. The van der Waals surface area contributed by atoms with Crippen molar-refractivity contribution in [3.8, 4) is 0 Å². The van der Waals surface area contributed by atoms with Crippen molar-refractivity contribution in [2.75, 3.05) is 12.3 Å². The Hall–Kier alpha value is -0.260. The molecule has 1 aliphatic rings. The van der Waals surface area contributed by atoms with Gasteiger partial charge in [0, 0.05) is 5.75 Å². The number of carbonyl (C=O) groups excluding carboxylic acids is 1. The van der Waals surface area contributed by atoms with Crippen molar-refractivity contribution in [2.24, 2.45) is 10.7 Å². The molecule has 0 saturated heterocycles. The van der Waals surface area contributed by atoms with Crippen LogP contribution in [0.2, 0.25) is 0 Å². The lowest BCUT2D eigenvalue weighted by molar-refractivity contribution is -0.120. The average molecular weight is 210 g/mol. The molecule has 4 nitrogen and oxygen atoms in total. The molecule has 0 aromatic carbocycles. The Morgan fingerprint density at radius 2 is 2.50 bits per heavy atom. The average Bonchev–Trinajstić information content (AvgIpc) is 2.39. The summed E-state index contributed by atoms with van der Waals surface area (Å²) in [6.45, 7) is 2.44. The van der Waals surface area contributed by atoms with E-state index < -0.39 is 6.04 Å². The molecule has 0 radical (unpaired) electrons. The molecule has 0 fully saturated rings. The molecule has 0 aliphatic carbocycles. The number of nitrogens with one attached hydrogen (secondary N) is 1. The number of hydrogen-bond acceptors (Lipinski definition) is 4. The summed E-state index contributed by atoms with van der Waals surface area (Å²) in [4.78, 5) is 15.0. The second kappa shape index (κ2) is 5.40.